The minimum Gasteiger partial charge on any atom is -0.463 e. The number of hydrogen-bond acceptors (Lipinski definition) is 2. The number of carbonyl (C=O) groups is 1. The highest BCUT2D eigenvalue weighted by atomic mass is 127. The molecule has 0 aliphatic rings. The number of ether oxygens (including phenoxy) is 1. The summed E-state index contributed by atoms with van der Waals surface area (Å²) in [6, 6.07) is 1.44. The molecule has 0 unspecified atom stereocenters. The predicted molar refractivity (Wildman–Crippen MR) is 89.8 cm³/mol. The molecule has 0 saturated heterocycles. The van der Waals surface area contributed by atoms with Crippen LogP contribution in [0, 0.1) is 0 Å². The van der Waals surface area contributed by atoms with Crippen LogP contribution in [0.3, 0.4) is 0 Å². The summed E-state index contributed by atoms with van der Waals surface area (Å²) in [4.78, 5) is 11.0. The lowest BCUT2D eigenvalue weighted by Crippen LogP contribution is -2.13. The summed E-state index contributed by atoms with van der Waals surface area (Å²) in [5.74, 6) is -0.216. The summed E-state index contributed by atoms with van der Waals surface area (Å²) in [5, 5.41) is 0. The van der Waals surface area contributed by atoms with Gasteiger partial charge in [0.25, 0.3) is 0 Å². The van der Waals surface area contributed by atoms with Gasteiger partial charge in [-0.2, -0.15) is 0 Å². The molecule has 0 aliphatic carbocycles. The quantitative estimate of drug-likeness (QED) is 0.131. The third-order valence-electron chi connectivity index (χ3n) is 2.71. The maximum atomic E-state index is 11.0. The van der Waals surface area contributed by atoms with Crippen LogP contribution < -0.4 is 0 Å². The van der Waals surface area contributed by atoms with Crippen molar-refractivity contribution in [2.45, 2.75) is 64.6 Å². The first-order valence-corrected chi connectivity index (χ1v) is 13.3. The lowest BCUT2D eigenvalue weighted by Gasteiger charge is -2.12. The molecule has 2 nitrogen and oxygen atoms in total. The zero-order valence-electron chi connectivity index (χ0n) is 12.0. The fourth-order valence-electron chi connectivity index (χ4n) is 1.71. The van der Waals surface area contributed by atoms with Gasteiger partial charge in [-0.05, 0) is 19.4 Å². The van der Waals surface area contributed by atoms with Crippen LogP contribution in [-0.4, -0.2) is 18.1 Å². The van der Waals surface area contributed by atoms with E-state index in [1.807, 2.05) is 6.92 Å². The van der Waals surface area contributed by atoms with E-state index in [0.29, 0.717) is 6.61 Å². The van der Waals surface area contributed by atoms with Crippen molar-refractivity contribution in [2.75, 3.05) is 6.61 Å². The Morgan fingerprint density at radius 1 is 1.11 bits per heavy atom. The Balaban J connectivity index is 3.19. The number of carbonyl (C=O) groups excluding carboxylic acids is 1. The number of unbranched alkanes of at least 4 members (excludes halogenated alkanes) is 5. The standard InChI is InChI=1S/C14H27IO2Si/c1-4-11-14(16)17-12-9-7-5-6-8-10-13-18(2,3)15/h4,11H,5-10,12-13H2,1-3H3. The second-order valence-electron chi connectivity index (χ2n) is 5.26. The molecule has 0 aromatic rings. The zero-order valence-corrected chi connectivity index (χ0v) is 15.2. The molecular formula is C14H27IO2Si. The van der Waals surface area contributed by atoms with Gasteiger partial charge in [-0.1, -0.05) is 51.3 Å². The van der Waals surface area contributed by atoms with Crippen molar-refractivity contribution in [3.05, 3.63) is 12.2 Å². The van der Waals surface area contributed by atoms with Gasteiger partial charge in [0.05, 0.1) is 6.61 Å². The Labute approximate surface area is 126 Å². The van der Waals surface area contributed by atoms with Crippen molar-refractivity contribution in [1.29, 1.82) is 0 Å². The smallest absolute Gasteiger partial charge is 0.330 e. The largest absolute Gasteiger partial charge is 0.463 e. The molecule has 0 aromatic heterocycles. The Kier molecular flexibility index (Phi) is 11.1. The van der Waals surface area contributed by atoms with Crippen LogP contribution in [0.4, 0.5) is 0 Å². The molecule has 0 rings (SSSR count). The molecule has 0 aromatic carbocycles. The maximum Gasteiger partial charge on any atom is 0.330 e. The van der Waals surface area contributed by atoms with E-state index < -0.39 is 5.57 Å². The van der Waals surface area contributed by atoms with Gasteiger partial charge in [0.15, 0.2) is 0 Å². The van der Waals surface area contributed by atoms with Crippen LogP contribution in [0.5, 0.6) is 0 Å². The third kappa shape index (κ3) is 14.2. The fraction of sp³-hybridized carbons (Fsp3) is 0.786. The normalized spacial score (nSPS) is 12.0. The van der Waals surface area contributed by atoms with Gasteiger partial charge >= 0.3 is 5.97 Å². The highest BCUT2D eigenvalue weighted by Gasteiger charge is 2.14. The van der Waals surface area contributed by atoms with Crippen molar-refractivity contribution in [3.8, 4) is 0 Å². The molecule has 0 bridgehead atoms. The Bertz CT molecular complexity index is 247. The molecule has 0 aliphatic heterocycles. The van der Waals surface area contributed by atoms with Crippen molar-refractivity contribution < 1.29 is 9.53 Å². The first-order valence-electron chi connectivity index (χ1n) is 6.94. The Morgan fingerprint density at radius 3 is 2.22 bits per heavy atom. The summed E-state index contributed by atoms with van der Waals surface area (Å²) in [5.41, 5.74) is -0.853. The number of hydrogen-bond donors (Lipinski definition) is 0. The minimum absolute atomic E-state index is 0.216. The van der Waals surface area contributed by atoms with Gasteiger partial charge in [0.1, 0.15) is 5.57 Å². The van der Waals surface area contributed by atoms with Gasteiger partial charge in [-0.25, -0.2) is 4.79 Å². The van der Waals surface area contributed by atoms with E-state index in [0.717, 1.165) is 6.42 Å². The average Bonchev–Trinajstić information content (AvgIpc) is 2.25. The van der Waals surface area contributed by atoms with Gasteiger partial charge < -0.3 is 4.74 Å². The SMILES string of the molecule is CC=CC(=O)OCCCCCCCC[Si](C)(C)I. The maximum absolute atomic E-state index is 11.0. The molecule has 0 N–H and O–H groups in total. The summed E-state index contributed by atoms with van der Waals surface area (Å²) < 4.78 is 5.03. The van der Waals surface area contributed by atoms with Crippen LogP contribution in [0.15, 0.2) is 12.2 Å². The van der Waals surface area contributed by atoms with Gasteiger partial charge in [0.2, 0.25) is 0 Å². The van der Waals surface area contributed by atoms with Crippen LogP contribution in [0.25, 0.3) is 0 Å². The van der Waals surface area contributed by atoms with Crippen molar-refractivity contribution in [3.63, 3.8) is 0 Å². The van der Waals surface area contributed by atoms with Crippen molar-refractivity contribution in [1.82, 2.24) is 0 Å². The monoisotopic (exact) mass is 382 g/mol. The predicted octanol–water partition coefficient (Wildman–Crippen LogP) is 5.09. The molecule has 0 fully saturated rings. The summed E-state index contributed by atoms with van der Waals surface area (Å²) in [6.07, 6.45) is 10.7. The molecule has 18 heavy (non-hydrogen) atoms. The van der Waals surface area contributed by atoms with E-state index in [-0.39, 0.29) is 5.97 Å². The van der Waals surface area contributed by atoms with Gasteiger partial charge in [0, 0.05) is 6.08 Å². The molecule has 0 atom stereocenters. The molecule has 0 radical (unpaired) electrons. The highest BCUT2D eigenvalue weighted by molar-refractivity contribution is 14.1. The van der Waals surface area contributed by atoms with Crippen LogP contribution in [-0.2, 0) is 9.53 Å². The molecule has 106 valence electrons. The summed E-state index contributed by atoms with van der Waals surface area (Å²) >= 11 is 2.65. The van der Waals surface area contributed by atoms with E-state index in [2.05, 4.69) is 34.9 Å². The van der Waals surface area contributed by atoms with Crippen molar-refractivity contribution >= 4 is 33.3 Å². The second kappa shape index (κ2) is 11.0. The number of allylic oxidation sites excluding steroid dienone is 1. The third-order valence-corrected chi connectivity index (χ3v) is 5.87. The van der Waals surface area contributed by atoms with E-state index in [1.165, 1.54) is 44.2 Å². The fourth-order valence-corrected chi connectivity index (χ4v) is 3.95. The Morgan fingerprint density at radius 2 is 1.67 bits per heavy atom. The molecule has 4 heteroatoms. The number of esters is 1. The van der Waals surface area contributed by atoms with Gasteiger partial charge in [-0.15, -0.1) is 21.8 Å². The average molecular weight is 382 g/mol. The van der Waals surface area contributed by atoms with E-state index in [4.69, 9.17) is 4.74 Å². The first kappa shape index (κ1) is 18.2. The van der Waals surface area contributed by atoms with E-state index >= 15 is 0 Å². The molecule has 0 spiro atoms. The molecule has 0 saturated carbocycles. The molecule has 0 amide bonds. The lowest BCUT2D eigenvalue weighted by atomic mass is 10.1. The zero-order chi connectivity index (χ0) is 13.9. The summed E-state index contributed by atoms with van der Waals surface area (Å²) in [6.45, 7) is 7.23. The Hall–Kier alpha value is 0.157. The van der Waals surface area contributed by atoms with Crippen LogP contribution in [0.2, 0.25) is 19.1 Å². The highest BCUT2D eigenvalue weighted by Crippen LogP contribution is 2.21. The van der Waals surface area contributed by atoms with Crippen LogP contribution >= 0.6 is 21.8 Å². The molecule has 0 heterocycles. The minimum atomic E-state index is -0.853. The van der Waals surface area contributed by atoms with E-state index in [9.17, 15) is 4.79 Å². The lowest BCUT2D eigenvalue weighted by molar-refractivity contribution is -0.137. The number of rotatable bonds is 10. The van der Waals surface area contributed by atoms with Gasteiger partial charge in [-0.3, -0.25) is 0 Å². The van der Waals surface area contributed by atoms with E-state index in [1.54, 1.807) is 6.08 Å². The first-order chi connectivity index (χ1) is 8.45. The second-order valence-corrected chi connectivity index (χ2v) is 18.0. The van der Waals surface area contributed by atoms with Crippen LogP contribution in [0.1, 0.15) is 45.4 Å². The molecular weight excluding hydrogens is 355 g/mol. The topological polar surface area (TPSA) is 26.3 Å². The summed E-state index contributed by atoms with van der Waals surface area (Å²) in [7, 11) is 0. The van der Waals surface area contributed by atoms with Crippen molar-refractivity contribution in [2.24, 2.45) is 0 Å². The number of halogens is 1.